The molecule has 2 aromatic rings. The number of pyridine rings is 1. The quantitative estimate of drug-likeness (QED) is 0.536. The Morgan fingerprint density at radius 1 is 1.34 bits per heavy atom. The molecule has 8 heteroatoms. The molecule has 0 spiro atoms. The Kier molecular flexibility index (Phi) is 7.40. The topological polar surface area (TPSA) is 65.5 Å². The average molecular weight is 466 g/mol. The number of nitrogens with zero attached hydrogens (tertiary/aromatic N) is 2. The highest BCUT2D eigenvalue weighted by Gasteiger charge is 2.63. The van der Waals surface area contributed by atoms with Gasteiger partial charge in [-0.1, -0.05) is 23.7 Å². The van der Waals surface area contributed by atoms with Crippen LogP contribution in [0.5, 0.6) is 5.75 Å². The van der Waals surface area contributed by atoms with Gasteiger partial charge in [-0.25, -0.2) is 8.78 Å². The van der Waals surface area contributed by atoms with Crippen LogP contribution in [0.3, 0.4) is 0 Å². The Balaban J connectivity index is 1.68. The highest BCUT2D eigenvalue weighted by atomic mass is 35.5. The first-order valence-corrected chi connectivity index (χ1v) is 11.1. The van der Waals surface area contributed by atoms with Gasteiger partial charge in [-0.15, -0.1) is 0 Å². The van der Waals surface area contributed by atoms with Crippen molar-refractivity contribution in [3.8, 4) is 5.75 Å². The standard InChI is InChI=1S/C24H30ClF2N3O2/c1-23(26,27)24(8-9-24)19(17-5-4-10-28-14-17)13-22(32)29-15-18(30(2)3)11-16-6-7-21(31)20(25)12-16/h4-7,10,12,14,18-19,31H,8-9,11,13,15H2,1-3H3,(H,29,32)/t18-,19?/m0/s1. The normalized spacial score (nSPS) is 17.1. The molecule has 1 heterocycles. The highest BCUT2D eigenvalue weighted by Crippen LogP contribution is 2.65. The maximum atomic E-state index is 14.5. The Hall–Kier alpha value is -2.25. The molecule has 0 saturated heterocycles. The molecule has 1 aromatic heterocycles. The molecule has 2 N–H and O–H groups in total. The summed E-state index contributed by atoms with van der Waals surface area (Å²) in [4.78, 5) is 18.9. The van der Waals surface area contributed by atoms with Crippen molar-refractivity contribution in [2.75, 3.05) is 20.6 Å². The number of phenolic OH excluding ortho intramolecular Hbond substituents is 1. The molecule has 2 atom stereocenters. The van der Waals surface area contributed by atoms with Crippen LogP contribution in [0, 0.1) is 5.41 Å². The third kappa shape index (κ3) is 5.56. The second-order valence-corrected chi connectivity index (χ2v) is 9.41. The van der Waals surface area contributed by atoms with Gasteiger partial charge in [0.25, 0.3) is 5.92 Å². The Bertz CT molecular complexity index is 931. The van der Waals surface area contributed by atoms with Gasteiger partial charge < -0.3 is 15.3 Å². The van der Waals surface area contributed by atoms with Gasteiger partial charge in [0.2, 0.25) is 5.91 Å². The van der Waals surface area contributed by atoms with Crippen molar-refractivity contribution in [3.63, 3.8) is 0 Å². The number of carbonyl (C=O) groups excluding carboxylic acids is 1. The second kappa shape index (κ2) is 9.71. The minimum atomic E-state index is -2.88. The van der Waals surface area contributed by atoms with E-state index >= 15 is 0 Å². The predicted octanol–water partition coefficient (Wildman–Crippen LogP) is 4.64. The summed E-state index contributed by atoms with van der Waals surface area (Å²) in [7, 11) is 3.82. The minimum absolute atomic E-state index is 0.0136. The first-order valence-electron chi connectivity index (χ1n) is 10.7. The first-order chi connectivity index (χ1) is 15.0. The average Bonchev–Trinajstić information content (AvgIpc) is 3.54. The molecule has 1 aromatic carbocycles. The van der Waals surface area contributed by atoms with Crippen LogP contribution in [-0.2, 0) is 11.2 Å². The van der Waals surface area contributed by atoms with Crippen LogP contribution in [0.15, 0.2) is 42.7 Å². The van der Waals surface area contributed by atoms with Crippen molar-refractivity contribution in [1.82, 2.24) is 15.2 Å². The van der Waals surface area contributed by atoms with Gasteiger partial charge in [0.05, 0.1) is 5.02 Å². The lowest BCUT2D eigenvalue weighted by Crippen LogP contribution is -2.43. The number of amides is 1. The van der Waals surface area contributed by atoms with E-state index in [-0.39, 0.29) is 29.1 Å². The van der Waals surface area contributed by atoms with Crippen molar-refractivity contribution in [1.29, 1.82) is 0 Å². The Labute approximate surface area is 192 Å². The van der Waals surface area contributed by atoms with Gasteiger partial charge in [0.15, 0.2) is 0 Å². The lowest BCUT2D eigenvalue weighted by Gasteiger charge is -2.32. The number of alkyl halides is 2. The number of nitrogens with one attached hydrogen (secondary N) is 1. The number of aromatic hydroxyl groups is 1. The fraction of sp³-hybridized carbons (Fsp3) is 0.500. The Morgan fingerprint density at radius 3 is 2.59 bits per heavy atom. The zero-order valence-electron chi connectivity index (χ0n) is 18.6. The van der Waals surface area contributed by atoms with Crippen LogP contribution in [-0.4, -0.2) is 53.5 Å². The van der Waals surface area contributed by atoms with Crippen molar-refractivity contribution in [2.45, 2.75) is 50.5 Å². The molecule has 5 nitrogen and oxygen atoms in total. The molecule has 1 amide bonds. The summed E-state index contributed by atoms with van der Waals surface area (Å²) in [5.74, 6) is -3.71. The molecule has 0 bridgehead atoms. The van der Waals surface area contributed by atoms with Gasteiger partial charge in [-0.3, -0.25) is 9.78 Å². The zero-order valence-corrected chi connectivity index (χ0v) is 19.4. The summed E-state index contributed by atoms with van der Waals surface area (Å²) < 4.78 is 29.0. The van der Waals surface area contributed by atoms with Crippen LogP contribution in [0.1, 0.15) is 43.2 Å². The monoisotopic (exact) mass is 465 g/mol. The minimum Gasteiger partial charge on any atom is -0.506 e. The van der Waals surface area contributed by atoms with E-state index in [1.54, 1.807) is 42.7 Å². The van der Waals surface area contributed by atoms with E-state index in [0.717, 1.165) is 12.5 Å². The smallest absolute Gasteiger partial charge is 0.251 e. The second-order valence-electron chi connectivity index (χ2n) is 9.00. The number of rotatable bonds is 10. The maximum absolute atomic E-state index is 14.5. The van der Waals surface area contributed by atoms with Gasteiger partial charge in [-0.05, 0) is 69.6 Å². The van der Waals surface area contributed by atoms with Crippen LogP contribution in [0.2, 0.25) is 5.02 Å². The van der Waals surface area contributed by atoms with Crippen LogP contribution < -0.4 is 5.32 Å². The molecule has 174 valence electrons. The molecule has 1 unspecified atom stereocenters. The van der Waals surface area contributed by atoms with Crippen LogP contribution >= 0.6 is 11.6 Å². The van der Waals surface area contributed by atoms with E-state index in [1.807, 2.05) is 19.0 Å². The molecule has 0 aliphatic heterocycles. The molecule has 1 aliphatic rings. The highest BCUT2D eigenvalue weighted by molar-refractivity contribution is 6.32. The number of halogens is 3. The van der Waals surface area contributed by atoms with E-state index in [1.165, 1.54) is 0 Å². The molecule has 0 radical (unpaired) electrons. The summed E-state index contributed by atoms with van der Waals surface area (Å²) >= 11 is 6.01. The third-order valence-corrected chi connectivity index (χ3v) is 6.86. The number of phenols is 1. The van der Waals surface area contributed by atoms with E-state index in [0.29, 0.717) is 31.4 Å². The molecule has 1 fully saturated rings. The number of likely N-dealkylation sites (N-methyl/N-ethyl adjacent to an activating group) is 1. The SMILES string of the molecule is CN(C)[C@H](CNC(=O)CC(c1cccnc1)C1(C(C)(F)F)CC1)Cc1ccc(O)c(Cl)c1. The summed E-state index contributed by atoms with van der Waals surface area (Å²) in [6, 6.07) is 8.50. The summed E-state index contributed by atoms with van der Waals surface area (Å²) in [6.45, 7) is 1.31. The number of benzene rings is 1. The van der Waals surface area contributed by atoms with Gasteiger partial charge in [0.1, 0.15) is 5.75 Å². The fourth-order valence-corrected chi connectivity index (χ4v) is 4.52. The molecular formula is C24H30ClF2N3O2. The summed E-state index contributed by atoms with van der Waals surface area (Å²) in [6.07, 6.45) is 4.57. The maximum Gasteiger partial charge on any atom is 0.251 e. The van der Waals surface area contributed by atoms with E-state index in [9.17, 15) is 18.7 Å². The van der Waals surface area contributed by atoms with E-state index < -0.39 is 17.3 Å². The van der Waals surface area contributed by atoms with Crippen molar-refractivity contribution < 1.29 is 18.7 Å². The lowest BCUT2D eigenvalue weighted by molar-refractivity contribution is -0.123. The van der Waals surface area contributed by atoms with Gasteiger partial charge in [0, 0.05) is 42.7 Å². The number of aromatic nitrogens is 1. The van der Waals surface area contributed by atoms with Crippen LogP contribution in [0.25, 0.3) is 0 Å². The fourth-order valence-electron chi connectivity index (χ4n) is 4.32. The van der Waals surface area contributed by atoms with Gasteiger partial charge >= 0.3 is 0 Å². The zero-order chi connectivity index (χ0) is 23.5. The Morgan fingerprint density at radius 2 is 2.06 bits per heavy atom. The third-order valence-electron chi connectivity index (χ3n) is 6.55. The van der Waals surface area contributed by atoms with Crippen molar-refractivity contribution in [2.24, 2.45) is 5.41 Å². The number of carbonyl (C=O) groups is 1. The van der Waals surface area contributed by atoms with Crippen molar-refractivity contribution in [3.05, 3.63) is 58.9 Å². The predicted molar refractivity (Wildman–Crippen MR) is 121 cm³/mol. The van der Waals surface area contributed by atoms with E-state index in [2.05, 4.69) is 10.3 Å². The molecule has 3 rings (SSSR count). The van der Waals surface area contributed by atoms with Crippen LogP contribution in [0.4, 0.5) is 8.78 Å². The van der Waals surface area contributed by atoms with Gasteiger partial charge in [-0.2, -0.15) is 0 Å². The largest absolute Gasteiger partial charge is 0.506 e. The molecular weight excluding hydrogens is 436 g/mol. The molecule has 32 heavy (non-hydrogen) atoms. The van der Waals surface area contributed by atoms with E-state index in [4.69, 9.17) is 11.6 Å². The summed E-state index contributed by atoms with van der Waals surface area (Å²) in [5, 5.41) is 12.8. The number of hydrogen-bond donors (Lipinski definition) is 2. The lowest BCUT2D eigenvalue weighted by atomic mass is 9.77. The molecule has 1 saturated carbocycles. The first kappa shape index (κ1) is 24.4. The summed E-state index contributed by atoms with van der Waals surface area (Å²) in [5.41, 5.74) is 0.401. The molecule has 1 aliphatic carbocycles. The van der Waals surface area contributed by atoms with Crippen molar-refractivity contribution >= 4 is 17.5 Å². The number of hydrogen-bond acceptors (Lipinski definition) is 4.